The van der Waals surface area contributed by atoms with E-state index in [4.69, 9.17) is 24.4 Å². The molecule has 5 fully saturated rings. The molecule has 3 spiro atoms. The summed E-state index contributed by atoms with van der Waals surface area (Å²) in [5, 5.41) is 0. The zero-order valence-corrected chi connectivity index (χ0v) is 34.7. The van der Waals surface area contributed by atoms with Crippen LogP contribution in [0.4, 0.5) is 0 Å². The number of carbonyl (C=O) groups excluding carboxylic acids is 2. The molecular formula is C46H48N2O2S4. The molecule has 2 heterocycles. The molecular weight excluding hydrogens is 741 g/mol. The minimum absolute atomic E-state index is 0.0206. The molecule has 278 valence electrons. The lowest BCUT2D eigenvalue weighted by Crippen LogP contribution is -2.31. The van der Waals surface area contributed by atoms with Gasteiger partial charge in [-0.1, -0.05) is 118 Å². The van der Waals surface area contributed by atoms with E-state index in [1.807, 2.05) is 13.8 Å². The lowest BCUT2D eigenvalue weighted by atomic mass is 9.65. The number of nitrogens with zero attached hydrogens (tertiary/aromatic N) is 2. The van der Waals surface area contributed by atoms with E-state index in [2.05, 4.69) is 48.6 Å². The fourth-order valence-corrected chi connectivity index (χ4v) is 14.7. The molecule has 2 aromatic rings. The number of thiocarbonyl (C=S) groups is 2. The van der Waals surface area contributed by atoms with E-state index in [9.17, 15) is 9.59 Å². The summed E-state index contributed by atoms with van der Waals surface area (Å²) in [6.45, 7) is 5.24. The number of allylic oxidation sites excluding steroid dienone is 4. The van der Waals surface area contributed by atoms with Crippen molar-refractivity contribution >= 4 is 80.6 Å². The summed E-state index contributed by atoms with van der Waals surface area (Å²) >= 11 is 14.2. The van der Waals surface area contributed by atoms with Gasteiger partial charge in [0.05, 0.1) is 9.81 Å². The Kier molecular flexibility index (Phi) is 8.67. The Morgan fingerprint density at radius 3 is 1.28 bits per heavy atom. The van der Waals surface area contributed by atoms with Gasteiger partial charge in [-0.25, -0.2) is 0 Å². The predicted octanol–water partition coefficient (Wildman–Crippen LogP) is 11.6. The first-order valence-corrected chi connectivity index (χ1v) is 23.0. The van der Waals surface area contributed by atoms with Crippen molar-refractivity contribution in [3.8, 4) is 11.1 Å². The molecule has 0 radical (unpaired) electrons. The lowest BCUT2D eigenvalue weighted by Gasteiger charge is -2.38. The molecule has 8 heteroatoms. The van der Waals surface area contributed by atoms with Gasteiger partial charge in [-0.05, 0) is 144 Å². The number of likely N-dealkylation sites (N-methyl/N-ethyl adjacent to an activating group) is 2. The molecule has 2 aromatic carbocycles. The van der Waals surface area contributed by atoms with Crippen LogP contribution in [0.15, 0.2) is 57.4 Å². The van der Waals surface area contributed by atoms with Crippen LogP contribution >= 0.6 is 48.0 Å². The van der Waals surface area contributed by atoms with Gasteiger partial charge in [0.25, 0.3) is 11.8 Å². The van der Waals surface area contributed by atoms with Crippen molar-refractivity contribution in [3.63, 3.8) is 0 Å². The first kappa shape index (κ1) is 35.6. The van der Waals surface area contributed by atoms with Crippen LogP contribution in [0.2, 0.25) is 0 Å². The van der Waals surface area contributed by atoms with Gasteiger partial charge in [-0.15, -0.1) is 0 Å². The van der Waals surface area contributed by atoms with Gasteiger partial charge in [0, 0.05) is 29.3 Å². The molecule has 0 N–H and O–H groups in total. The highest BCUT2D eigenvalue weighted by atomic mass is 32.2. The van der Waals surface area contributed by atoms with Crippen molar-refractivity contribution in [1.29, 1.82) is 0 Å². The minimum atomic E-state index is -0.0686. The summed E-state index contributed by atoms with van der Waals surface area (Å²) < 4.78 is 1.35. The van der Waals surface area contributed by atoms with Crippen LogP contribution in [-0.4, -0.2) is 43.3 Å². The second-order valence-corrected chi connectivity index (χ2v) is 20.3. The number of benzene rings is 2. The first-order chi connectivity index (χ1) is 26.2. The van der Waals surface area contributed by atoms with Crippen molar-refractivity contribution in [2.75, 3.05) is 13.1 Å². The Morgan fingerprint density at radius 2 is 0.926 bits per heavy atom. The maximum atomic E-state index is 13.5. The minimum Gasteiger partial charge on any atom is -0.293 e. The highest BCUT2D eigenvalue weighted by Gasteiger charge is 2.50. The van der Waals surface area contributed by atoms with Crippen molar-refractivity contribution in [3.05, 3.63) is 90.8 Å². The fraction of sp³-hybridized carbons (Fsp3) is 0.478. The summed E-state index contributed by atoms with van der Waals surface area (Å²) in [5.41, 5.74) is 14.2. The molecule has 4 nitrogen and oxygen atoms in total. The van der Waals surface area contributed by atoms with Crippen LogP contribution < -0.4 is 0 Å². The predicted molar refractivity (Wildman–Crippen MR) is 233 cm³/mol. The van der Waals surface area contributed by atoms with Crippen LogP contribution in [-0.2, 0) is 25.8 Å². The zero-order valence-electron chi connectivity index (χ0n) is 31.5. The van der Waals surface area contributed by atoms with Gasteiger partial charge in [0.1, 0.15) is 8.64 Å². The highest BCUT2D eigenvalue weighted by molar-refractivity contribution is 8.27. The molecule has 3 saturated carbocycles. The maximum absolute atomic E-state index is 13.5. The van der Waals surface area contributed by atoms with Gasteiger partial charge in [0.15, 0.2) is 0 Å². The third-order valence-electron chi connectivity index (χ3n) is 14.5. The van der Waals surface area contributed by atoms with E-state index in [0.29, 0.717) is 21.7 Å². The fourth-order valence-electron chi connectivity index (χ4n) is 11.9. The molecule has 8 aliphatic rings. The van der Waals surface area contributed by atoms with Crippen molar-refractivity contribution in [2.45, 2.75) is 126 Å². The molecule has 0 aromatic heterocycles. The van der Waals surface area contributed by atoms with Crippen molar-refractivity contribution in [2.24, 2.45) is 0 Å². The van der Waals surface area contributed by atoms with Crippen LogP contribution in [0.5, 0.6) is 0 Å². The average Bonchev–Trinajstić information content (AvgIpc) is 3.89. The molecule has 6 aliphatic carbocycles. The van der Waals surface area contributed by atoms with Crippen molar-refractivity contribution in [1.82, 2.24) is 9.80 Å². The summed E-state index contributed by atoms with van der Waals surface area (Å²) in [4.78, 5) is 32.0. The Balaban J connectivity index is 1.12. The molecule has 0 unspecified atom stereocenters. The Hall–Kier alpha value is -2.78. The smallest absolute Gasteiger partial charge is 0.266 e. The third kappa shape index (κ3) is 5.00. The number of hydrogen-bond donors (Lipinski definition) is 0. The van der Waals surface area contributed by atoms with Crippen LogP contribution in [0.25, 0.3) is 23.3 Å². The van der Waals surface area contributed by atoms with Crippen molar-refractivity contribution < 1.29 is 9.59 Å². The maximum Gasteiger partial charge on any atom is 0.266 e. The molecule has 0 bridgehead atoms. The number of amides is 2. The van der Waals surface area contributed by atoms with E-state index in [-0.39, 0.29) is 28.1 Å². The van der Waals surface area contributed by atoms with E-state index in [1.54, 1.807) is 9.80 Å². The number of rotatable bonds is 4. The van der Waals surface area contributed by atoms with Crippen LogP contribution in [0.3, 0.4) is 0 Å². The standard InChI is InChI=1S/C46H48N2O2S4/c1-3-47-40(49)38(53-42(47)51)24-30-20-28-22-36-32(26-34(28)44(30)14-8-5-9-15-44)33-27-35-29(23-37(33)46(36)18-12-7-13-19-46)21-31(45(35)16-10-6-11-17-45)25-39-41(50)48(4-2)43(52)54-39/h20-27H,3-19H2,1-2H3/b38-24-,39-25-. The Morgan fingerprint density at radius 1 is 0.556 bits per heavy atom. The summed E-state index contributed by atoms with van der Waals surface area (Å²) in [6.07, 6.45) is 27.4. The van der Waals surface area contributed by atoms with Crippen LogP contribution in [0.1, 0.15) is 144 Å². The number of carbonyl (C=O) groups is 2. The van der Waals surface area contributed by atoms with Gasteiger partial charge in [-0.2, -0.15) is 0 Å². The summed E-state index contributed by atoms with van der Waals surface area (Å²) in [5.74, 6) is 0.117. The van der Waals surface area contributed by atoms with Crippen LogP contribution in [0, 0.1) is 0 Å². The quantitative estimate of drug-likeness (QED) is 0.227. The Bertz CT molecular complexity index is 2040. The molecule has 2 amide bonds. The van der Waals surface area contributed by atoms with E-state index in [1.165, 1.54) is 150 Å². The third-order valence-corrected chi connectivity index (χ3v) is 17.3. The first-order valence-electron chi connectivity index (χ1n) is 20.6. The van der Waals surface area contributed by atoms with Gasteiger partial charge in [0.2, 0.25) is 0 Å². The molecule has 2 saturated heterocycles. The molecule has 10 rings (SSSR count). The van der Waals surface area contributed by atoms with E-state index in [0.717, 1.165) is 35.5 Å². The summed E-state index contributed by atoms with van der Waals surface area (Å²) in [6, 6.07) is 10.5. The molecule has 2 aliphatic heterocycles. The molecule has 0 atom stereocenters. The topological polar surface area (TPSA) is 40.6 Å². The normalized spacial score (nSPS) is 26.0. The van der Waals surface area contributed by atoms with Gasteiger partial charge >= 0.3 is 0 Å². The van der Waals surface area contributed by atoms with Gasteiger partial charge < -0.3 is 0 Å². The largest absolute Gasteiger partial charge is 0.293 e. The van der Waals surface area contributed by atoms with E-state index >= 15 is 0 Å². The molecule has 54 heavy (non-hydrogen) atoms. The second kappa shape index (κ2) is 13.1. The number of thioether (sulfide) groups is 2. The monoisotopic (exact) mass is 788 g/mol. The van der Waals surface area contributed by atoms with E-state index < -0.39 is 0 Å². The zero-order chi connectivity index (χ0) is 37.0. The number of hydrogen-bond acceptors (Lipinski definition) is 6. The lowest BCUT2D eigenvalue weighted by molar-refractivity contribution is -0.122. The van der Waals surface area contributed by atoms with Gasteiger partial charge in [-0.3, -0.25) is 19.4 Å². The average molecular weight is 789 g/mol. The summed E-state index contributed by atoms with van der Waals surface area (Å²) in [7, 11) is 0. The second-order valence-electron chi connectivity index (χ2n) is 16.9. The highest BCUT2D eigenvalue weighted by Crippen LogP contribution is 2.62. The number of fused-ring (bicyclic) bond motifs is 9. The SMILES string of the molecule is CCN1C(=O)/C(=C/C2=Cc3cc4c(cc3C23CCCCC3)-c2cc3c(cc2C42CCCCC2)C=C(/C=C2\SC(=S)N(CC)C2=O)C32CCCCC2)SC1=S. The Labute approximate surface area is 339 Å².